The molecule has 0 heterocycles. The molecule has 1 saturated carbocycles. The number of rotatable bonds is 8. The molecule has 0 aliphatic heterocycles. The Bertz CT molecular complexity index is 740. The summed E-state index contributed by atoms with van der Waals surface area (Å²) in [5.74, 6) is -0.438. The number of nitrogens with two attached hydrogens (primary N) is 2. The molecule has 0 bridgehead atoms. The van der Waals surface area contributed by atoms with Gasteiger partial charge in [0.25, 0.3) is 0 Å². The molecule has 0 amide bonds. The zero-order chi connectivity index (χ0) is 22.1. The summed E-state index contributed by atoms with van der Waals surface area (Å²) in [5, 5.41) is 9.70. The second kappa shape index (κ2) is 10.8. The van der Waals surface area contributed by atoms with Gasteiger partial charge in [0, 0.05) is 0 Å². The molecule has 2 rings (SSSR count). The van der Waals surface area contributed by atoms with Crippen LogP contribution in [0.2, 0.25) is 0 Å². The molecule has 166 valence electrons. The van der Waals surface area contributed by atoms with Gasteiger partial charge in [0.1, 0.15) is 24.7 Å². The number of ether oxygens (including phenoxy) is 3. The number of aliphatic hydroxyl groups excluding tert-OH is 1. The predicted octanol–water partition coefficient (Wildman–Crippen LogP) is -0.145. The molecule has 30 heavy (non-hydrogen) atoms. The van der Waals surface area contributed by atoms with Crippen LogP contribution in [0.1, 0.15) is 43.7 Å². The molecule has 1 aliphatic rings. The summed E-state index contributed by atoms with van der Waals surface area (Å²) in [5.41, 5.74) is 11.5. The molecule has 0 spiro atoms. The normalized spacial score (nSPS) is 20.5. The van der Waals surface area contributed by atoms with Crippen LogP contribution in [0.5, 0.6) is 0 Å². The van der Waals surface area contributed by atoms with E-state index < -0.39 is 24.1 Å². The summed E-state index contributed by atoms with van der Waals surface area (Å²) in [6.45, 7) is 2.64. The minimum absolute atomic E-state index is 0.0570. The molecule has 1 aromatic carbocycles. The number of aliphatic hydroxyl groups is 1. The van der Waals surface area contributed by atoms with Gasteiger partial charge in [-0.2, -0.15) is 0 Å². The lowest BCUT2D eigenvalue weighted by Crippen LogP contribution is -2.84. The number of carbonyl (C=O) groups is 2. The Morgan fingerprint density at radius 2 is 1.77 bits per heavy atom. The lowest BCUT2D eigenvalue weighted by Gasteiger charge is -2.30. The van der Waals surface area contributed by atoms with Crippen molar-refractivity contribution in [3.05, 3.63) is 35.4 Å². The molecule has 6 N–H and O–H groups in total. The van der Waals surface area contributed by atoms with Gasteiger partial charge >= 0.3 is 18.1 Å². The summed E-state index contributed by atoms with van der Waals surface area (Å²) in [7, 11) is 0. The number of benzene rings is 1. The number of esters is 1. The van der Waals surface area contributed by atoms with Crippen LogP contribution in [0.3, 0.4) is 0 Å². The highest BCUT2D eigenvalue weighted by Crippen LogP contribution is 2.25. The number of aryl methyl sites for hydroxylation is 1. The lowest BCUT2D eigenvalue weighted by atomic mass is 9.91. The van der Waals surface area contributed by atoms with Crippen LogP contribution in [0.4, 0.5) is 4.79 Å². The van der Waals surface area contributed by atoms with E-state index in [2.05, 4.69) is 4.99 Å². The van der Waals surface area contributed by atoms with E-state index in [0.29, 0.717) is 12.8 Å². The number of hydrogen-bond acceptors (Lipinski definition) is 6. The Balaban J connectivity index is 1.78. The van der Waals surface area contributed by atoms with Crippen molar-refractivity contribution in [1.82, 2.24) is 0 Å². The highest BCUT2D eigenvalue weighted by molar-refractivity contribution is 5.77. The summed E-state index contributed by atoms with van der Waals surface area (Å²) in [4.78, 5) is 27.4. The quantitative estimate of drug-likeness (QED) is 0.257. The van der Waals surface area contributed by atoms with Crippen molar-refractivity contribution in [1.29, 1.82) is 0 Å². The third-order valence-corrected chi connectivity index (χ3v) is 5.15. The van der Waals surface area contributed by atoms with Gasteiger partial charge in [-0.1, -0.05) is 29.8 Å². The van der Waals surface area contributed by atoms with Crippen LogP contribution in [-0.4, -0.2) is 48.6 Å². The van der Waals surface area contributed by atoms with Gasteiger partial charge in [-0.3, -0.25) is 21.3 Å². The van der Waals surface area contributed by atoms with E-state index in [0.717, 1.165) is 24.0 Å². The number of guanidine groups is 1. The molecule has 0 saturated heterocycles. The van der Waals surface area contributed by atoms with Gasteiger partial charge < -0.3 is 19.3 Å². The molecule has 1 atom stereocenters. The average molecular weight is 423 g/mol. The van der Waals surface area contributed by atoms with Gasteiger partial charge in [0.05, 0.1) is 12.6 Å². The topological polar surface area (TPSA) is 148 Å². The maximum absolute atomic E-state index is 12.6. The number of hydrogen-bond donors (Lipinski definition) is 4. The van der Waals surface area contributed by atoms with Crippen molar-refractivity contribution in [2.75, 3.05) is 13.2 Å². The predicted molar refractivity (Wildman–Crippen MR) is 109 cm³/mol. The van der Waals surface area contributed by atoms with Crippen LogP contribution in [0, 0.1) is 12.3 Å². The first-order valence-electron chi connectivity index (χ1n) is 10.0. The zero-order valence-corrected chi connectivity index (χ0v) is 17.6. The third-order valence-electron chi connectivity index (χ3n) is 5.15. The van der Waals surface area contributed by atoms with Gasteiger partial charge in [-0.25, -0.2) is 4.79 Å². The molecule has 9 nitrogen and oxygen atoms in total. The second-order valence-corrected chi connectivity index (χ2v) is 8.01. The Morgan fingerprint density at radius 1 is 1.13 bits per heavy atom. The van der Waals surface area contributed by atoms with E-state index >= 15 is 0 Å². The maximum atomic E-state index is 12.6. The van der Waals surface area contributed by atoms with Crippen molar-refractivity contribution in [2.45, 2.75) is 58.3 Å². The molecule has 9 heteroatoms. The van der Waals surface area contributed by atoms with Gasteiger partial charge in [0.15, 0.2) is 0 Å². The SMILES string of the molecule is Cc1ccc(COC(=O)OCC(C)(CO)C(=O)OC2CCC([NH+]=C(N)N)CC2)cc1. The van der Waals surface area contributed by atoms with Crippen molar-refractivity contribution < 1.29 is 33.9 Å². The zero-order valence-electron chi connectivity index (χ0n) is 17.6. The molecular formula is C21H32N3O6+. The van der Waals surface area contributed by atoms with Crippen molar-refractivity contribution >= 4 is 18.1 Å². The Hall–Kier alpha value is -2.81. The van der Waals surface area contributed by atoms with Crippen LogP contribution in [-0.2, 0) is 25.6 Å². The fraction of sp³-hybridized carbons (Fsp3) is 0.571. The third kappa shape index (κ3) is 7.22. The number of nitrogens with one attached hydrogen (secondary N) is 1. The summed E-state index contributed by atoms with van der Waals surface area (Å²) < 4.78 is 15.7. The van der Waals surface area contributed by atoms with Gasteiger partial charge in [-0.15, -0.1) is 0 Å². The minimum Gasteiger partial charge on any atom is -0.462 e. The molecule has 0 radical (unpaired) electrons. The Kier molecular flexibility index (Phi) is 8.46. The first-order valence-corrected chi connectivity index (χ1v) is 10.0. The highest BCUT2D eigenvalue weighted by Gasteiger charge is 2.38. The Labute approximate surface area is 176 Å². The van der Waals surface area contributed by atoms with Crippen LogP contribution in [0.15, 0.2) is 24.3 Å². The molecule has 1 unspecified atom stereocenters. The van der Waals surface area contributed by atoms with Gasteiger partial charge in [-0.05, 0) is 45.1 Å². The summed E-state index contributed by atoms with van der Waals surface area (Å²) >= 11 is 0. The summed E-state index contributed by atoms with van der Waals surface area (Å²) in [6, 6.07) is 7.68. The van der Waals surface area contributed by atoms with Crippen LogP contribution in [0.25, 0.3) is 0 Å². The van der Waals surface area contributed by atoms with Crippen LogP contribution < -0.4 is 16.5 Å². The molecule has 1 aliphatic carbocycles. The fourth-order valence-corrected chi connectivity index (χ4v) is 3.11. The molecule has 1 aromatic rings. The fourth-order valence-electron chi connectivity index (χ4n) is 3.11. The average Bonchev–Trinajstić information content (AvgIpc) is 2.72. The largest absolute Gasteiger partial charge is 0.508 e. The minimum atomic E-state index is -1.37. The second-order valence-electron chi connectivity index (χ2n) is 8.01. The molecule has 0 aromatic heterocycles. The molecule has 1 fully saturated rings. The first kappa shape index (κ1) is 23.5. The van der Waals surface area contributed by atoms with Crippen molar-refractivity contribution in [3.8, 4) is 0 Å². The van der Waals surface area contributed by atoms with E-state index in [-0.39, 0.29) is 31.3 Å². The van der Waals surface area contributed by atoms with E-state index in [4.69, 9.17) is 25.7 Å². The highest BCUT2D eigenvalue weighted by atomic mass is 16.7. The van der Waals surface area contributed by atoms with E-state index in [1.54, 1.807) is 0 Å². The monoisotopic (exact) mass is 422 g/mol. The standard InChI is InChI=1S/C21H31N3O6/c1-14-3-5-15(6-4-14)11-28-20(27)29-13-21(2,12-25)18(26)30-17-9-7-16(8-10-17)24-19(22)23/h3-6,16-17,25H,7-13H2,1-2H3,(H4,22,23,24)/p+1. The smallest absolute Gasteiger partial charge is 0.462 e. The summed E-state index contributed by atoms with van der Waals surface area (Å²) in [6.07, 6.45) is 1.63. The Morgan fingerprint density at radius 3 is 2.33 bits per heavy atom. The van der Waals surface area contributed by atoms with Crippen molar-refractivity contribution in [3.63, 3.8) is 0 Å². The van der Waals surface area contributed by atoms with E-state index in [1.165, 1.54) is 6.92 Å². The first-order chi connectivity index (χ1) is 14.2. The van der Waals surface area contributed by atoms with E-state index in [1.807, 2.05) is 31.2 Å². The van der Waals surface area contributed by atoms with E-state index in [9.17, 15) is 14.7 Å². The van der Waals surface area contributed by atoms with Crippen molar-refractivity contribution in [2.24, 2.45) is 16.9 Å². The molecular weight excluding hydrogens is 390 g/mol. The maximum Gasteiger partial charge on any atom is 0.508 e. The lowest BCUT2D eigenvalue weighted by molar-refractivity contribution is -0.510. The van der Waals surface area contributed by atoms with Gasteiger partial charge in [0.2, 0.25) is 0 Å². The van der Waals surface area contributed by atoms with Crippen LogP contribution >= 0.6 is 0 Å². The number of carbonyl (C=O) groups excluding carboxylic acids is 2.